The Hall–Kier alpha value is -2.15. The number of ether oxygens (including phenoxy) is 1. The summed E-state index contributed by atoms with van der Waals surface area (Å²) in [6.07, 6.45) is 1.48. The molecule has 1 aromatic rings. The van der Waals surface area contributed by atoms with E-state index in [4.69, 9.17) is 9.84 Å². The maximum Gasteiger partial charge on any atom is 0.309 e. The Balaban J connectivity index is 1.88. The first-order valence-electron chi connectivity index (χ1n) is 8.59. The molecule has 1 heterocycles. The molecule has 0 amide bonds. The number of aliphatic hydroxyl groups excluding tert-OH is 1. The number of benzene rings is 1. The Labute approximate surface area is 147 Å². The lowest BCUT2D eigenvalue weighted by Gasteiger charge is -2.33. The smallest absolute Gasteiger partial charge is 0.309 e. The zero-order valence-corrected chi connectivity index (χ0v) is 14.8. The summed E-state index contributed by atoms with van der Waals surface area (Å²) < 4.78 is 18.5. The van der Waals surface area contributed by atoms with Crippen LogP contribution in [0.3, 0.4) is 0 Å². The molecule has 0 atom stereocenters. The summed E-state index contributed by atoms with van der Waals surface area (Å²) in [6, 6.07) is 4.68. The fraction of sp³-hybridized carbons (Fsp3) is 0.556. The van der Waals surface area contributed by atoms with Crippen LogP contribution < -0.4 is 5.32 Å². The molecule has 6 nitrogen and oxygen atoms in total. The van der Waals surface area contributed by atoms with Gasteiger partial charge in [0.15, 0.2) is 5.96 Å². The van der Waals surface area contributed by atoms with Crippen molar-refractivity contribution >= 4 is 11.9 Å². The van der Waals surface area contributed by atoms with E-state index < -0.39 is 5.82 Å². The quantitative estimate of drug-likeness (QED) is 0.480. The van der Waals surface area contributed by atoms with Gasteiger partial charge in [-0.05, 0) is 37.5 Å². The zero-order valence-electron chi connectivity index (χ0n) is 14.8. The van der Waals surface area contributed by atoms with E-state index in [2.05, 4.69) is 15.2 Å². The topological polar surface area (TPSA) is 74.2 Å². The van der Waals surface area contributed by atoms with Gasteiger partial charge < -0.3 is 20.1 Å². The summed E-state index contributed by atoms with van der Waals surface area (Å²) in [5, 5.41) is 12.4. The second kappa shape index (κ2) is 9.36. The third kappa shape index (κ3) is 5.16. The van der Waals surface area contributed by atoms with Crippen molar-refractivity contribution in [3.05, 3.63) is 35.1 Å². The Morgan fingerprint density at radius 2 is 2.16 bits per heavy atom. The minimum absolute atomic E-state index is 0.0430. The van der Waals surface area contributed by atoms with Crippen molar-refractivity contribution in [3.8, 4) is 0 Å². The molecule has 2 N–H and O–H groups in total. The molecule has 0 radical (unpaired) electrons. The minimum atomic E-state index is -0.406. The van der Waals surface area contributed by atoms with Crippen LogP contribution in [0.4, 0.5) is 4.39 Å². The number of nitrogens with one attached hydrogen (secondary N) is 1. The molecule has 0 unspecified atom stereocenters. The number of halogens is 1. The van der Waals surface area contributed by atoms with Gasteiger partial charge in [0.05, 0.1) is 19.1 Å². The molecule has 138 valence electrons. The SMILES string of the molecule is CCOC(=O)C1CCN(C(=NC)NCc2ccc(F)c(CO)c2)CC1. The number of esters is 1. The van der Waals surface area contributed by atoms with Crippen molar-refractivity contribution in [1.82, 2.24) is 10.2 Å². The molecule has 1 aromatic carbocycles. The normalized spacial score (nSPS) is 16.0. The highest BCUT2D eigenvalue weighted by Crippen LogP contribution is 2.19. The highest BCUT2D eigenvalue weighted by atomic mass is 19.1. The van der Waals surface area contributed by atoms with Gasteiger partial charge >= 0.3 is 5.97 Å². The predicted octanol–water partition coefficient (Wildman–Crippen LogP) is 1.67. The molecule has 0 saturated carbocycles. The number of likely N-dealkylation sites (tertiary alicyclic amines) is 1. The van der Waals surface area contributed by atoms with Gasteiger partial charge in [0.2, 0.25) is 0 Å². The van der Waals surface area contributed by atoms with Crippen LogP contribution in [0.5, 0.6) is 0 Å². The van der Waals surface area contributed by atoms with Gasteiger partial charge in [-0.15, -0.1) is 0 Å². The molecule has 0 spiro atoms. The summed E-state index contributed by atoms with van der Waals surface area (Å²) in [7, 11) is 1.71. The fourth-order valence-electron chi connectivity index (χ4n) is 2.96. The van der Waals surface area contributed by atoms with Crippen LogP contribution in [0.1, 0.15) is 30.9 Å². The van der Waals surface area contributed by atoms with E-state index in [1.807, 2.05) is 6.92 Å². The van der Waals surface area contributed by atoms with Crippen LogP contribution in [0.25, 0.3) is 0 Å². The summed E-state index contributed by atoms with van der Waals surface area (Å²) in [6.45, 7) is 3.85. The molecule has 7 heteroatoms. The molecule has 1 aliphatic rings. The first kappa shape index (κ1) is 19.2. The lowest BCUT2D eigenvalue weighted by atomic mass is 9.97. The summed E-state index contributed by atoms with van der Waals surface area (Å²) in [4.78, 5) is 18.2. The fourth-order valence-corrected chi connectivity index (χ4v) is 2.96. The monoisotopic (exact) mass is 351 g/mol. The largest absolute Gasteiger partial charge is 0.466 e. The van der Waals surface area contributed by atoms with Crippen molar-refractivity contribution in [1.29, 1.82) is 0 Å². The molecule has 0 aromatic heterocycles. The maximum absolute atomic E-state index is 13.4. The average Bonchev–Trinajstić information content (AvgIpc) is 2.64. The van der Waals surface area contributed by atoms with E-state index >= 15 is 0 Å². The van der Waals surface area contributed by atoms with E-state index in [1.165, 1.54) is 6.07 Å². The van der Waals surface area contributed by atoms with Gasteiger partial charge in [0.25, 0.3) is 0 Å². The lowest BCUT2D eigenvalue weighted by molar-refractivity contribution is -0.149. The standard InChI is InChI=1S/C18H26FN3O3/c1-3-25-17(24)14-6-8-22(9-7-14)18(20-2)21-11-13-4-5-16(19)15(10-13)12-23/h4-5,10,14,23H,3,6-9,11-12H2,1-2H3,(H,20,21). The van der Waals surface area contributed by atoms with Crippen molar-refractivity contribution < 1.29 is 19.0 Å². The molecular formula is C18H26FN3O3. The van der Waals surface area contributed by atoms with Gasteiger partial charge in [-0.2, -0.15) is 0 Å². The highest BCUT2D eigenvalue weighted by molar-refractivity contribution is 5.80. The van der Waals surface area contributed by atoms with Gasteiger partial charge in [-0.1, -0.05) is 6.07 Å². The van der Waals surface area contributed by atoms with E-state index in [0.29, 0.717) is 13.2 Å². The number of hydrogen-bond acceptors (Lipinski definition) is 4. The Kier molecular flexibility index (Phi) is 7.18. The lowest BCUT2D eigenvalue weighted by Crippen LogP contribution is -2.46. The number of piperidine rings is 1. The van der Waals surface area contributed by atoms with E-state index in [-0.39, 0.29) is 24.1 Å². The van der Waals surface area contributed by atoms with Crippen LogP contribution in [0, 0.1) is 11.7 Å². The highest BCUT2D eigenvalue weighted by Gasteiger charge is 2.27. The number of guanidine groups is 1. The molecule has 1 fully saturated rings. The van der Waals surface area contributed by atoms with Gasteiger partial charge in [0.1, 0.15) is 5.82 Å². The first-order valence-corrected chi connectivity index (χ1v) is 8.59. The Bertz CT molecular complexity index is 614. The van der Waals surface area contributed by atoms with E-state index in [9.17, 15) is 9.18 Å². The molecule has 1 saturated heterocycles. The van der Waals surface area contributed by atoms with Crippen LogP contribution in [0.2, 0.25) is 0 Å². The third-order valence-electron chi connectivity index (χ3n) is 4.36. The molecule has 0 bridgehead atoms. The molecule has 25 heavy (non-hydrogen) atoms. The number of rotatable bonds is 5. The number of carbonyl (C=O) groups is 1. The molecule has 1 aliphatic heterocycles. The predicted molar refractivity (Wildman–Crippen MR) is 93.5 cm³/mol. The third-order valence-corrected chi connectivity index (χ3v) is 4.36. The van der Waals surface area contributed by atoms with E-state index in [0.717, 1.165) is 37.5 Å². The van der Waals surface area contributed by atoms with Crippen molar-refractivity contribution in [2.45, 2.75) is 32.9 Å². The number of aliphatic imine (C=N–C) groups is 1. The van der Waals surface area contributed by atoms with Crippen molar-refractivity contribution in [2.24, 2.45) is 10.9 Å². The summed E-state index contributed by atoms with van der Waals surface area (Å²) in [5.74, 6) is 0.181. The van der Waals surface area contributed by atoms with E-state index in [1.54, 1.807) is 19.2 Å². The average molecular weight is 351 g/mol. The van der Waals surface area contributed by atoms with Crippen LogP contribution in [0.15, 0.2) is 23.2 Å². The summed E-state index contributed by atoms with van der Waals surface area (Å²) >= 11 is 0. The van der Waals surface area contributed by atoms with Gasteiger partial charge in [-0.3, -0.25) is 9.79 Å². The molecule has 0 aliphatic carbocycles. The Morgan fingerprint density at radius 3 is 2.76 bits per heavy atom. The second-order valence-corrected chi connectivity index (χ2v) is 6.00. The first-order chi connectivity index (χ1) is 12.1. The van der Waals surface area contributed by atoms with Crippen LogP contribution >= 0.6 is 0 Å². The minimum Gasteiger partial charge on any atom is -0.466 e. The number of aliphatic hydroxyl groups is 1. The second-order valence-electron chi connectivity index (χ2n) is 6.00. The van der Waals surface area contributed by atoms with Gasteiger partial charge in [-0.25, -0.2) is 4.39 Å². The van der Waals surface area contributed by atoms with Crippen LogP contribution in [-0.2, 0) is 22.7 Å². The summed E-state index contributed by atoms with van der Waals surface area (Å²) in [5.41, 5.74) is 1.15. The maximum atomic E-state index is 13.4. The van der Waals surface area contributed by atoms with Crippen LogP contribution in [-0.4, -0.2) is 48.7 Å². The Morgan fingerprint density at radius 1 is 1.44 bits per heavy atom. The number of nitrogens with zero attached hydrogens (tertiary/aromatic N) is 2. The van der Waals surface area contributed by atoms with Crippen molar-refractivity contribution in [2.75, 3.05) is 26.7 Å². The van der Waals surface area contributed by atoms with Crippen molar-refractivity contribution in [3.63, 3.8) is 0 Å². The molecule has 2 rings (SSSR count). The molecular weight excluding hydrogens is 325 g/mol. The number of hydrogen-bond donors (Lipinski definition) is 2. The zero-order chi connectivity index (χ0) is 18.2. The van der Waals surface area contributed by atoms with Gasteiger partial charge in [0, 0.05) is 32.2 Å². The number of carbonyl (C=O) groups excluding carboxylic acids is 1.